The normalized spacial score (nSPS) is 12.4. The van der Waals surface area contributed by atoms with Crippen LogP contribution in [-0.2, 0) is 9.59 Å². The molecule has 4 nitrogen and oxygen atoms in total. The molecule has 19 heavy (non-hydrogen) atoms. The molecule has 1 N–H and O–H groups in total. The number of aryl methyl sites for hydroxylation is 1. The Morgan fingerprint density at radius 3 is 2.63 bits per heavy atom. The van der Waals surface area contributed by atoms with Crippen molar-refractivity contribution in [2.24, 2.45) is 0 Å². The molecule has 0 heterocycles. The van der Waals surface area contributed by atoms with E-state index in [0.717, 1.165) is 11.1 Å². The van der Waals surface area contributed by atoms with Gasteiger partial charge in [0.05, 0.1) is 0 Å². The SMILES string of the molecule is CCC(C(=O)O)N(C)C(=O)C=Cc1cccc(C)c1. The second-order valence-electron chi connectivity index (χ2n) is 4.46. The maximum absolute atomic E-state index is 11.9. The number of hydrogen-bond donors (Lipinski definition) is 1. The predicted molar refractivity (Wildman–Crippen MR) is 74.7 cm³/mol. The molecule has 1 rings (SSSR count). The van der Waals surface area contributed by atoms with Gasteiger partial charge in [-0.25, -0.2) is 4.79 Å². The predicted octanol–water partition coefficient (Wildman–Crippen LogP) is 2.33. The second-order valence-corrected chi connectivity index (χ2v) is 4.46. The van der Waals surface area contributed by atoms with Crippen molar-refractivity contribution in [3.05, 3.63) is 41.5 Å². The Labute approximate surface area is 113 Å². The molecule has 0 spiro atoms. The monoisotopic (exact) mass is 261 g/mol. The fraction of sp³-hybridized carbons (Fsp3) is 0.333. The van der Waals surface area contributed by atoms with Crippen LogP contribution in [0.25, 0.3) is 6.08 Å². The van der Waals surface area contributed by atoms with Crippen molar-refractivity contribution in [2.75, 3.05) is 7.05 Å². The molecule has 0 aliphatic rings. The molecular formula is C15H19NO3. The number of hydrogen-bond acceptors (Lipinski definition) is 2. The number of likely N-dealkylation sites (N-methyl/N-ethyl adjacent to an activating group) is 1. The molecule has 4 heteroatoms. The van der Waals surface area contributed by atoms with Gasteiger partial charge in [-0.3, -0.25) is 4.79 Å². The van der Waals surface area contributed by atoms with Crippen molar-refractivity contribution < 1.29 is 14.7 Å². The molecule has 1 unspecified atom stereocenters. The minimum atomic E-state index is -0.984. The summed E-state index contributed by atoms with van der Waals surface area (Å²) in [5.74, 6) is -1.29. The first-order valence-electron chi connectivity index (χ1n) is 6.20. The van der Waals surface area contributed by atoms with Gasteiger partial charge in [0, 0.05) is 13.1 Å². The highest BCUT2D eigenvalue weighted by Gasteiger charge is 2.22. The number of aliphatic carboxylic acids is 1. The van der Waals surface area contributed by atoms with E-state index in [2.05, 4.69) is 0 Å². The minimum absolute atomic E-state index is 0.309. The zero-order chi connectivity index (χ0) is 14.4. The first kappa shape index (κ1) is 15.0. The number of carboxylic acids is 1. The number of benzene rings is 1. The van der Waals surface area contributed by atoms with Gasteiger partial charge in [0.25, 0.3) is 0 Å². The molecule has 1 aromatic rings. The van der Waals surface area contributed by atoms with Crippen LogP contribution in [0.1, 0.15) is 24.5 Å². The molecule has 0 saturated carbocycles. The molecule has 102 valence electrons. The quantitative estimate of drug-likeness (QED) is 0.828. The summed E-state index contributed by atoms with van der Waals surface area (Å²) in [6.07, 6.45) is 3.48. The summed E-state index contributed by atoms with van der Waals surface area (Å²) < 4.78 is 0. The van der Waals surface area contributed by atoms with Crippen molar-refractivity contribution in [3.63, 3.8) is 0 Å². The van der Waals surface area contributed by atoms with Crippen molar-refractivity contribution in [2.45, 2.75) is 26.3 Å². The summed E-state index contributed by atoms with van der Waals surface area (Å²) in [4.78, 5) is 24.1. The third-order valence-electron chi connectivity index (χ3n) is 2.95. The number of rotatable bonds is 5. The third-order valence-corrected chi connectivity index (χ3v) is 2.95. The first-order valence-corrected chi connectivity index (χ1v) is 6.20. The van der Waals surface area contributed by atoms with Crippen LogP contribution in [0.3, 0.4) is 0 Å². The van der Waals surface area contributed by atoms with Crippen LogP contribution in [0.15, 0.2) is 30.3 Å². The van der Waals surface area contributed by atoms with Crippen LogP contribution < -0.4 is 0 Å². The average Bonchev–Trinajstić information content (AvgIpc) is 2.36. The zero-order valence-corrected chi connectivity index (χ0v) is 11.5. The van der Waals surface area contributed by atoms with Gasteiger partial charge in [-0.05, 0) is 25.0 Å². The highest BCUT2D eigenvalue weighted by Crippen LogP contribution is 2.08. The standard InChI is InChI=1S/C15H19NO3/c1-4-13(15(18)19)16(3)14(17)9-8-12-7-5-6-11(2)10-12/h5-10,13H,4H2,1-3H3,(H,18,19). The fourth-order valence-corrected chi connectivity index (χ4v) is 1.83. The van der Waals surface area contributed by atoms with Crippen LogP contribution >= 0.6 is 0 Å². The molecule has 0 aliphatic heterocycles. The van der Waals surface area contributed by atoms with Crippen molar-refractivity contribution >= 4 is 18.0 Å². The molecule has 1 atom stereocenters. The van der Waals surface area contributed by atoms with Crippen LogP contribution in [0.4, 0.5) is 0 Å². The van der Waals surface area contributed by atoms with E-state index in [-0.39, 0.29) is 5.91 Å². The number of carbonyl (C=O) groups is 2. The van der Waals surface area contributed by atoms with Gasteiger partial charge in [0.2, 0.25) is 5.91 Å². The Balaban J connectivity index is 2.76. The summed E-state index contributed by atoms with van der Waals surface area (Å²) in [5, 5.41) is 9.00. The summed E-state index contributed by atoms with van der Waals surface area (Å²) in [7, 11) is 1.51. The maximum Gasteiger partial charge on any atom is 0.326 e. The Kier molecular flexibility index (Phi) is 5.30. The maximum atomic E-state index is 11.9. The van der Waals surface area contributed by atoms with Gasteiger partial charge in [0.1, 0.15) is 6.04 Å². The van der Waals surface area contributed by atoms with Crippen LogP contribution in [0, 0.1) is 6.92 Å². The summed E-state index contributed by atoms with van der Waals surface area (Å²) in [6.45, 7) is 3.72. The first-order chi connectivity index (χ1) is 8.95. The lowest BCUT2D eigenvalue weighted by atomic mass is 10.1. The van der Waals surface area contributed by atoms with E-state index in [1.807, 2.05) is 31.2 Å². The van der Waals surface area contributed by atoms with Crippen molar-refractivity contribution in [1.82, 2.24) is 4.90 Å². The van der Waals surface area contributed by atoms with Crippen molar-refractivity contribution in [1.29, 1.82) is 0 Å². The van der Waals surface area contributed by atoms with E-state index in [1.54, 1.807) is 13.0 Å². The van der Waals surface area contributed by atoms with Crippen LogP contribution in [-0.4, -0.2) is 35.0 Å². The van der Waals surface area contributed by atoms with E-state index in [0.29, 0.717) is 6.42 Å². The van der Waals surface area contributed by atoms with E-state index in [4.69, 9.17) is 5.11 Å². The zero-order valence-electron chi connectivity index (χ0n) is 11.5. The van der Waals surface area contributed by atoms with E-state index < -0.39 is 12.0 Å². The topological polar surface area (TPSA) is 57.6 Å². The summed E-state index contributed by atoms with van der Waals surface area (Å²) >= 11 is 0. The number of carboxylic acid groups (broad SMARTS) is 1. The van der Waals surface area contributed by atoms with E-state index >= 15 is 0 Å². The lowest BCUT2D eigenvalue weighted by Gasteiger charge is -2.22. The summed E-state index contributed by atoms with van der Waals surface area (Å²) in [6, 6.07) is 6.96. The smallest absolute Gasteiger partial charge is 0.326 e. The minimum Gasteiger partial charge on any atom is -0.480 e. The highest BCUT2D eigenvalue weighted by molar-refractivity contribution is 5.94. The number of amides is 1. The van der Waals surface area contributed by atoms with Gasteiger partial charge in [0.15, 0.2) is 0 Å². The molecule has 0 bridgehead atoms. The van der Waals surface area contributed by atoms with E-state index in [9.17, 15) is 9.59 Å². The van der Waals surface area contributed by atoms with Gasteiger partial charge in [-0.1, -0.05) is 36.8 Å². The Bertz CT molecular complexity index is 494. The Hall–Kier alpha value is -2.10. The third kappa shape index (κ3) is 4.25. The molecule has 1 amide bonds. The summed E-state index contributed by atoms with van der Waals surface area (Å²) in [5.41, 5.74) is 2.03. The highest BCUT2D eigenvalue weighted by atomic mass is 16.4. The molecule has 0 fully saturated rings. The second kappa shape index (κ2) is 6.73. The lowest BCUT2D eigenvalue weighted by molar-refractivity contribution is -0.147. The van der Waals surface area contributed by atoms with Gasteiger partial charge < -0.3 is 10.0 Å². The molecule has 1 aromatic carbocycles. The van der Waals surface area contributed by atoms with Gasteiger partial charge in [-0.15, -0.1) is 0 Å². The fourth-order valence-electron chi connectivity index (χ4n) is 1.83. The number of carbonyl (C=O) groups excluding carboxylic acids is 1. The average molecular weight is 261 g/mol. The van der Waals surface area contributed by atoms with Gasteiger partial charge >= 0.3 is 5.97 Å². The molecule has 0 aromatic heterocycles. The molecule has 0 saturated heterocycles. The van der Waals surface area contributed by atoms with Crippen molar-refractivity contribution in [3.8, 4) is 0 Å². The Morgan fingerprint density at radius 2 is 2.11 bits per heavy atom. The molecule has 0 radical (unpaired) electrons. The number of nitrogens with zero attached hydrogens (tertiary/aromatic N) is 1. The molecular weight excluding hydrogens is 242 g/mol. The van der Waals surface area contributed by atoms with Crippen LogP contribution in [0.2, 0.25) is 0 Å². The van der Waals surface area contributed by atoms with E-state index in [1.165, 1.54) is 18.0 Å². The Morgan fingerprint density at radius 1 is 1.42 bits per heavy atom. The largest absolute Gasteiger partial charge is 0.480 e. The van der Waals surface area contributed by atoms with Crippen LogP contribution in [0.5, 0.6) is 0 Å². The van der Waals surface area contributed by atoms with Gasteiger partial charge in [-0.2, -0.15) is 0 Å². The lowest BCUT2D eigenvalue weighted by Crippen LogP contribution is -2.41. The molecule has 0 aliphatic carbocycles.